The normalized spacial score (nSPS) is 31.0. The molecule has 17 heavy (non-hydrogen) atoms. The highest BCUT2D eigenvalue weighted by molar-refractivity contribution is 7.98. The fraction of sp³-hybridized carbons (Fsp3) is 0.923. The lowest BCUT2D eigenvalue weighted by Gasteiger charge is -2.30. The Morgan fingerprint density at radius 2 is 2.18 bits per heavy atom. The van der Waals surface area contributed by atoms with Crippen LogP contribution in [0.3, 0.4) is 0 Å². The standard InChI is InChI=1S/C13H26N2OS/c1-6-8-11-14-13(4,7-2)12(16)15(11)10(3)9-17-5/h10-11,14H,6-9H2,1-5H3. The van der Waals surface area contributed by atoms with E-state index in [9.17, 15) is 4.79 Å². The first-order valence-electron chi connectivity index (χ1n) is 6.59. The smallest absolute Gasteiger partial charge is 0.244 e. The van der Waals surface area contributed by atoms with Crippen LogP contribution >= 0.6 is 11.8 Å². The van der Waals surface area contributed by atoms with Crippen molar-refractivity contribution in [2.45, 2.75) is 64.7 Å². The fourth-order valence-electron chi connectivity index (χ4n) is 2.49. The number of amides is 1. The Bertz CT molecular complexity index is 272. The first kappa shape index (κ1) is 14.8. The molecule has 1 amide bonds. The predicted molar refractivity (Wildman–Crippen MR) is 75.2 cm³/mol. The molecule has 0 saturated carbocycles. The summed E-state index contributed by atoms with van der Waals surface area (Å²) in [6.45, 7) is 8.44. The minimum Gasteiger partial charge on any atom is -0.322 e. The number of rotatable bonds is 6. The highest BCUT2D eigenvalue weighted by Gasteiger charge is 2.47. The van der Waals surface area contributed by atoms with Gasteiger partial charge in [0.25, 0.3) is 0 Å². The Balaban J connectivity index is 2.86. The maximum Gasteiger partial charge on any atom is 0.244 e. The van der Waals surface area contributed by atoms with Crippen LogP contribution in [-0.2, 0) is 4.79 Å². The quantitative estimate of drug-likeness (QED) is 0.794. The monoisotopic (exact) mass is 258 g/mol. The summed E-state index contributed by atoms with van der Waals surface area (Å²) in [4.78, 5) is 14.6. The van der Waals surface area contributed by atoms with Crippen LogP contribution in [0.15, 0.2) is 0 Å². The highest BCUT2D eigenvalue weighted by Crippen LogP contribution is 2.28. The molecule has 0 aromatic heterocycles. The molecule has 0 radical (unpaired) electrons. The molecular formula is C13H26N2OS. The van der Waals surface area contributed by atoms with Crippen molar-refractivity contribution in [1.82, 2.24) is 10.2 Å². The molecule has 0 spiro atoms. The number of thioether (sulfide) groups is 1. The molecule has 3 unspecified atom stereocenters. The second-order valence-corrected chi connectivity index (χ2v) is 6.06. The molecule has 100 valence electrons. The molecule has 4 heteroatoms. The van der Waals surface area contributed by atoms with Crippen molar-refractivity contribution in [1.29, 1.82) is 0 Å². The van der Waals surface area contributed by atoms with Crippen LogP contribution in [0.4, 0.5) is 0 Å². The molecule has 1 aliphatic heterocycles. The second kappa shape index (κ2) is 6.10. The summed E-state index contributed by atoms with van der Waals surface area (Å²) < 4.78 is 0. The molecule has 1 fully saturated rings. The van der Waals surface area contributed by atoms with E-state index in [-0.39, 0.29) is 17.6 Å². The van der Waals surface area contributed by atoms with Crippen molar-refractivity contribution in [2.75, 3.05) is 12.0 Å². The maximum atomic E-state index is 12.5. The van der Waals surface area contributed by atoms with Crippen molar-refractivity contribution in [3.63, 3.8) is 0 Å². The van der Waals surface area contributed by atoms with E-state index in [1.165, 1.54) is 0 Å². The minimum absolute atomic E-state index is 0.222. The zero-order valence-electron chi connectivity index (χ0n) is 11.7. The Hall–Kier alpha value is -0.220. The van der Waals surface area contributed by atoms with Crippen LogP contribution in [0.1, 0.15) is 47.0 Å². The van der Waals surface area contributed by atoms with Gasteiger partial charge in [-0.3, -0.25) is 10.1 Å². The van der Waals surface area contributed by atoms with Crippen molar-refractivity contribution in [3.8, 4) is 0 Å². The van der Waals surface area contributed by atoms with Crippen LogP contribution in [0.2, 0.25) is 0 Å². The molecule has 3 atom stereocenters. The van der Waals surface area contributed by atoms with Crippen LogP contribution in [0.5, 0.6) is 0 Å². The van der Waals surface area contributed by atoms with E-state index in [0.717, 1.165) is 25.0 Å². The van der Waals surface area contributed by atoms with E-state index in [1.807, 2.05) is 6.92 Å². The van der Waals surface area contributed by atoms with Crippen LogP contribution in [-0.4, -0.2) is 40.6 Å². The Morgan fingerprint density at radius 3 is 2.65 bits per heavy atom. The van der Waals surface area contributed by atoms with Gasteiger partial charge in [-0.25, -0.2) is 0 Å². The van der Waals surface area contributed by atoms with Gasteiger partial charge in [0.15, 0.2) is 0 Å². The summed E-state index contributed by atoms with van der Waals surface area (Å²) in [5.74, 6) is 1.29. The molecule has 1 aliphatic rings. The number of carbonyl (C=O) groups excluding carboxylic acids is 1. The molecule has 1 N–H and O–H groups in total. The number of hydrogen-bond acceptors (Lipinski definition) is 3. The third-order valence-corrected chi connectivity index (χ3v) is 4.50. The van der Waals surface area contributed by atoms with E-state index in [2.05, 4.69) is 37.2 Å². The summed E-state index contributed by atoms with van der Waals surface area (Å²) in [7, 11) is 0. The lowest BCUT2D eigenvalue weighted by atomic mass is 9.99. The van der Waals surface area contributed by atoms with Crippen LogP contribution in [0, 0.1) is 0 Å². The molecule has 1 heterocycles. The molecule has 3 nitrogen and oxygen atoms in total. The number of hydrogen-bond donors (Lipinski definition) is 1. The van der Waals surface area contributed by atoms with Gasteiger partial charge < -0.3 is 4.90 Å². The number of nitrogens with one attached hydrogen (secondary N) is 1. The van der Waals surface area contributed by atoms with Gasteiger partial charge in [-0.1, -0.05) is 20.3 Å². The van der Waals surface area contributed by atoms with Crippen molar-refractivity contribution in [2.24, 2.45) is 0 Å². The summed E-state index contributed by atoms with van der Waals surface area (Å²) in [6, 6.07) is 0.315. The third kappa shape index (κ3) is 2.97. The summed E-state index contributed by atoms with van der Waals surface area (Å²) in [5, 5.41) is 3.52. The van der Waals surface area contributed by atoms with Crippen molar-refractivity contribution >= 4 is 17.7 Å². The SMILES string of the molecule is CCCC1NC(C)(CC)C(=O)N1C(C)CSC. The van der Waals surface area contributed by atoms with Gasteiger partial charge >= 0.3 is 0 Å². The van der Waals surface area contributed by atoms with E-state index in [4.69, 9.17) is 0 Å². The summed E-state index contributed by atoms with van der Waals surface area (Å²) in [6.07, 6.45) is 5.32. The fourth-order valence-corrected chi connectivity index (χ4v) is 3.14. The Labute approximate surface area is 110 Å². The highest BCUT2D eigenvalue weighted by atomic mass is 32.2. The lowest BCUT2D eigenvalue weighted by Crippen LogP contribution is -2.45. The average molecular weight is 258 g/mol. The van der Waals surface area contributed by atoms with Gasteiger partial charge in [-0.05, 0) is 32.9 Å². The second-order valence-electron chi connectivity index (χ2n) is 5.15. The molecule has 1 saturated heterocycles. The molecule has 1 rings (SSSR count). The van der Waals surface area contributed by atoms with Crippen molar-refractivity contribution < 1.29 is 4.79 Å². The lowest BCUT2D eigenvalue weighted by molar-refractivity contribution is -0.134. The first-order valence-corrected chi connectivity index (χ1v) is 7.99. The zero-order valence-corrected chi connectivity index (χ0v) is 12.6. The molecule has 0 bridgehead atoms. The Morgan fingerprint density at radius 1 is 1.53 bits per heavy atom. The Kier molecular flexibility index (Phi) is 5.32. The first-order chi connectivity index (χ1) is 8.00. The van der Waals surface area contributed by atoms with Gasteiger partial charge in [-0.2, -0.15) is 11.8 Å². The summed E-state index contributed by atoms with van der Waals surface area (Å²) >= 11 is 1.80. The van der Waals surface area contributed by atoms with E-state index < -0.39 is 0 Å². The third-order valence-electron chi connectivity index (χ3n) is 3.68. The molecule has 0 aromatic rings. The number of nitrogens with zero attached hydrogens (tertiary/aromatic N) is 1. The minimum atomic E-state index is -0.355. The molecule has 0 aliphatic carbocycles. The predicted octanol–water partition coefficient (Wildman–Crippen LogP) is 2.46. The van der Waals surface area contributed by atoms with Crippen LogP contribution in [0.25, 0.3) is 0 Å². The van der Waals surface area contributed by atoms with Gasteiger partial charge in [0, 0.05) is 11.8 Å². The largest absolute Gasteiger partial charge is 0.322 e. The molecular weight excluding hydrogens is 232 g/mol. The van der Waals surface area contributed by atoms with Gasteiger partial charge in [0.1, 0.15) is 0 Å². The van der Waals surface area contributed by atoms with Gasteiger partial charge in [-0.15, -0.1) is 0 Å². The topological polar surface area (TPSA) is 32.3 Å². The zero-order chi connectivity index (χ0) is 13.1. The number of carbonyl (C=O) groups is 1. The van der Waals surface area contributed by atoms with E-state index in [0.29, 0.717) is 6.04 Å². The van der Waals surface area contributed by atoms with E-state index >= 15 is 0 Å². The van der Waals surface area contributed by atoms with Gasteiger partial charge in [0.05, 0.1) is 11.7 Å². The van der Waals surface area contributed by atoms with Gasteiger partial charge in [0.2, 0.25) is 5.91 Å². The van der Waals surface area contributed by atoms with Crippen LogP contribution < -0.4 is 5.32 Å². The van der Waals surface area contributed by atoms with Crippen molar-refractivity contribution in [3.05, 3.63) is 0 Å². The molecule has 0 aromatic carbocycles. The van der Waals surface area contributed by atoms with E-state index in [1.54, 1.807) is 11.8 Å². The summed E-state index contributed by atoms with van der Waals surface area (Å²) in [5.41, 5.74) is -0.355. The maximum absolute atomic E-state index is 12.5. The average Bonchev–Trinajstić information content (AvgIpc) is 2.53.